The highest BCUT2D eigenvalue weighted by Gasteiger charge is 2.31. The molecule has 1 amide bonds. The number of carbonyl (C=O) groups is 1. The summed E-state index contributed by atoms with van der Waals surface area (Å²) in [6.07, 6.45) is -2.43. The smallest absolute Gasteiger partial charge is 0.352 e. The van der Waals surface area contributed by atoms with Gasteiger partial charge in [-0.25, -0.2) is 0 Å². The maximum absolute atomic E-state index is 12.8. The summed E-state index contributed by atoms with van der Waals surface area (Å²) < 4.78 is 38.5. The van der Waals surface area contributed by atoms with Gasteiger partial charge in [0.2, 0.25) is 5.91 Å². The van der Waals surface area contributed by atoms with Crippen LogP contribution in [0.25, 0.3) is 0 Å². The standard InChI is InChI=1S/C19H19F3N2O/c20-19(21,22)15-8-4-5-13(11-15)12-23-17(14-6-2-1-3-7-14)18(25)24-16-9-10-16/h1-8,11,16-17,23H,9-10,12H2,(H,24,25)/t17-/m0/s1. The van der Waals surface area contributed by atoms with Crippen LogP contribution in [0.2, 0.25) is 0 Å². The van der Waals surface area contributed by atoms with E-state index >= 15 is 0 Å². The van der Waals surface area contributed by atoms with Gasteiger partial charge in [-0.2, -0.15) is 13.2 Å². The van der Waals surface area contributed by atoms with Crippen molar-refractivity contribution in [2.24, 2.45) is 0 Å². The van der Waals surface area contributed by atoms with E-state index in [-0.39, 0.29) is 18.5 Å². The average Bonchev–Trinajstić information content (AvgIpc) is 3.39. The zero-order valence-electron chi connectivity index (χ0n) is 13.5. The Morgan fingerprint density at radius 3 is 2.44 bits per heavy atom. The normalized spacial score (nSPS) is 15.6. The molecule has 2 aromatic rings. The van der Waals surface area contributed by atoms with Crippen molar-refractivity contribution in [2.45, 2.75) is 37.6 Å². The second-order valence-corrected chi connectivity index (χ2v) is 6.21. The van der Waals surface area contributed by atoms with Gasteiger partial charge in [0.05, 0.1) is 5.56 Å². The first kappa shape index (κ1) is 17.5. The van der Waals surface area contributed by atoms with E-state index in [2.05, 4.69) is 10.6 Å². The lowest BCUT2D eigenvalue weighted by molar-refractivity contribution is -0.137. The topological polar surface area (TPSA) is 41.1 Å². The van der Waals surface area contributed by atoms with Crippen LogP contribution in [0.15, 0.2) is 54.6 Å². The number of nitrogens with one attached hydrogen (secondary N) is 2. The van der Waals surface area contributed by atoms with Gasteiger partial charge < -0.3 is 5.32 Å². The van der Waals surface area contributed by atoms with E-state index < -0.39 is 17.8 Å². The molecular weight excluding hydrogens is 329 g/mol. The van der Waals surface area contributed by atoms with Crippen LogP contribution >= 0.6 is 0 Å². The Morgan fingerprint density at radius 1 is 1.08 bits per heavy atom. The Balaban J connectivity index is 1.73. The number of hydrogen-bond donors (Lipinski definition) is 2. The first-order valence-electron chi connectivity index (χ1n) is 8.18. The van der Waals surface area contributed by atoms with Crippen LogP contribution in [0, 0.1) is 0 Å². The summed E-state index contributed by atoms with van der Waals surface area (Å²) in [7, 11) is 0. The molecule has 0 saturated heterocycles. The Hall–Kier alpha value is -2.34. The molecule has 6 heteroatoms. The third kappa shape index (κ3) is 4.82. The summed E-state index contributed by atoms with van der Waals surface area (Å²) >= 11 is 0. The van der Waals surface area contributed by atoms with Crippen LogP contribution in [0.1, 0.15) is 35.6 Å². The fourth-order valence-corrected chi connectivity index (χ4v) is 2.60. The molecule has 25 heavy (non-hydrogen) atoms. The Labute approximate surface area is 144 Å². The van der Waals surface area contributed by atoms with Crippen molar-refractivity contribution in [3.05, 3.63) is 71.3 Å². The van der Waals surface area contributed by atoms with Gasteiger partial charge in [-0.05, 0) is 30.0 Å². The van der Waals surface area contributed by atoms with Crippen molar-refractivity contribution >= 4 is 5.91 Å². The number of benzene rings is 2. The summed E-state index contributed by atoms with van der Waals surface area (Å²) in [5, 5.41) is 6.03. The molecule has 1 aliphatic rings. The number of alkyl halides is 3. The van der Waals surface area contributed by atoms with Crippen molar-refractivity contribution in [3.63, 3.8) is 0 Å². The molecule has 1 fully saturated rings. The second kappa shape index (κ2) is 7.27. The molecule has 0 heterocycles. The predicted molar refractivity (Wildman–Crippen MR) is 88.6 cm³/mol. The Kier molecular flexibility index (Phi) is 5.08. The average molecular weight is 348 g/mol. The van der Waals surface area contributed by atoms with Crippen molar-refractivity contribution < 1.29 is 18.0 Å². The largest absolute Gasteiger partial charge is 0.416 e. The van der Waals surface area contributed by atoms with Gasteiger partial charge >= 0.3 is 6.18 Å². The summed E-state index contributed by atoms with van der Waals surface area (Å²) in [6.45, 7) is 0.168. The van der Waals surface area contributed by atoms with Gasteiger partial charge in [0.25, 0.3) is 0 Å². The lowest BCUT2D eigenvalue weighted by Crippen LogP contribution is -2.38. The number of amides is 1. The van der Waals surface area contributed by atoms with Gasteiger partial charge in [0, 0.05) is 12.6 Å². The third-order valence-electron chi connectivity index (χ3n) is 4.08. The summed E-state index contributed by atoms with van der Waals surface area (Å²) in [5.41, 5.74) is 0.577. The molecule has 0 bridgehead atoms. The van der Waals surface area contributed by atoms with Gasteiger partial charge in [0.15, 0.2) is 0 Å². The number of rotatable bonds is 6. The third-order valence-corrected chi connectivity index (χ3v) is 4.08. The second-order valence-electron chi connectivity index (χ2n) is 6.21. The lowest BCUT2D eigenvalue weighted by Gasteiger charge is -2.19. The molecule has 2 aromatic carbocycles. The van der Waals surface area contributed by atoms with E-state index in [1.54, 1.807) is 6.07 Å². The van der Waals surface area contributed by atoms with Crippen molar-refractivity contribution in [3.8, 4) is 0 Å². The van der Waals surface area contributed by atoms with E-state index in [0.29, 0.717) is 5.56 Å². The minimum Gasteiger partial charge on any atom is -0.352 e. The quantitative estimate of drug-likeness (QED) is 0.833. The van der Waals surface area contributed by atoms with E-state index in [1.807, 2.05) is 30.3 Å². The van der Waals surface area contributed by atoms with Gasteiger partial charge in [-0.1, -0.05) is 48.5 Å². The molecule has 3 rings (SSSR count). The fraction of sp³-hybridized carbons (Fsp3) is 0.316. The first-order valence-corrected chi connectivity index (χ1v) is 8.18. The molecule has 0 aliphatic heterocycles. The molecule has 1 atom stereocenters. The fourth-order valence-electron chi connectivity index (χ4n) is 2.60. The van der Waals surface area contributed by atoms with Crippen LogP contribution in [-0.2, 0) is 17.5 Å². The Bertz CT molecular complexity index is 727. The number of halogens is 3. The van der Waals surface area contributed by atoms with E-state index in [9.17, 15) is 18.0 Å². The van der Waals surface area contributed by atoms with Crippen LogP contribution in [-0.4, -0.2) is 11.9 Å². The highest BCUT2D eigenvalue weighted by Crippen LogP contribution is 2.29. The summed E-state index contributed by atoms with van der Waals surface area (Å²) in [5.74, 6) is -0.152. The molecule has 2 N–H and O–H groups in total. The molecule has 0 radical (unpaired) electrons. The van der Waals surface area contributed by atoms with Gasteiger partial charge in [-0.3, -0.25) is 10.1 Å². The van der Waals surface area contributed by atoms with Crippen LogP contribution in [0.5, 0.6) is 0 Å². The maximum atomic E-state index is 12.8. The van der Waals surface area contributed by atoms with Crippen LogP contribution < -0.4 is 10.6 Å². The van der Waals surface area contributed by atoms with E-state index in [4.69, 9.17) is 0 Å². The van der Waals surface area contributed by atoms with E-state index in [1.165, 1.54) is 6.07 Å². The monoisotopic (exact) mass is 348 g/mol. The molecule has 3 nitrogen and oxygen atoms in total. The molecule has 0 spiro atoms. The lowest BCUT2D eigenvalue weighted by atomic mass is 10.0. The van der Waals surface area contributed by atoms with Crippen molar-refractivity contribution in [1.29, 1.82) is 0 Å². The molecule has 1 aliphatic carbocycles. The minimum absolute atomic E-state index is 0.152. The molecule has 132 valence electrons. The number of carbonyl (C=O) groups excluding carboxylic acids is 1. The predicted octanol–water partition coefficient (Wildman–Crippen LogP) is 3.81. The highest BCUT2D eigenvalue weighted by molar-refractivity contribution is 5.83. The van der Waals surface area contributed by atoms with Crippen molar-refractivity contribution in [2.75, 3.05) is 0 Å². The molecule has 1 saturated carbocycles. The molecule has 0 unspecified atom stereocenters. The van der Waals surface area contributed by atoms with Gasteiger partial charge in [0.1, 0.15) is 6.04 Å². The highest BCUT2D eigenvalue weighted by atomic mass is 19.4. The Morgan fingerprint density at radius 2 is 1.80 bits per heavy atom. The SMILES string of the molecule is O=C(NC1CC1)[C@@H](NCc1cccc(C(F)(F)F)c1)c1ccccc1. The minimum atomic E-state index is -4.38. The van der Waals surface area contributed by atoms with E-state index in [0.717, 1.165) is 30.5 Å². The molecular formula is C19H19F3N2O. The number of hydrogen-bond acceptors (Lipinski definition) is 2. The summed E-state index contributed by atoms with van der Waals surface area (Å²) in [4.78, 5) is 12.5. The first-order chi connectivity index (χ1) is 11.9. The van der Waals surface area contributed by atoms with Crippen LogP contribution in [0.3, 0.4) is 0 Å². The maximum Gasteiger partial charge on any atom is 0.416 e. The zero-order chi connectivity index (χ0) is 17.9. The van der Waals surface area contributed by atoms with Crippen LogP contribution in [0.4, 0.5) is 13.2 Å². The van der Waals surface area contributed by atoms with Gasteiger partial charge in [-0.15, -0.1) is 0 Å². The molecule has 0 aromatic heterocycles. The van der Waals surface area contributed by atoms with Crippen molar-refractivity contribution in [1.82, 2.24) is 10.6 Å². The summed E-state index contributed by atoms with van der Waals surface area (Å²) in [6, 6.07) is 13.9. The zero-order valence-corrected chi connectivity index (χ0v) is 13.5.